The number of nitrogens with zero attached hydrogens (tertiary/aromatic N) is 5. The van der Waals surface area contributed by atoms with Crippen LogP contribution in [0.25, 0.3) is 27.5 Å². The van der Waals surface area contributed by atoms with Crippen molar-refractivity contribution in [2.45, 2.75) is 6.92 Å². The molecule has 3 heterocycles. The number of aromatic nitrogens is 5. The molecule has 1 amide bonds. The minimum atomic E-state index is -0.0993. The normalized spacial score (nSPS) is 10.9. The van der Waals surface area contributed by atoms with E-state index in [0.717, 1.165) is 33.2 Å². The highest BCUT2D eigenvalue weighted by atomic mass is 32.1. The number of hydrogen-bond acceptors (Lipinski definition) is 7. The van der Waals surface area contributed by atoms with Gasteiger partial charge in [-0.05, 0) is 12.1 Å². The Morgan fingerprint density at radius 1 is 1.00 bits per heavy atom. The molecule has 2 aromatic carbocycles. The zero-order valence-electron chi connectivity index (χ0n) is 16.5. The fourth-order valence-corrected chi connectivity index (χ4v) is 4.00. The molecule has 0 aliphatic heterocycles. The van der Waals surface area contributed by atoms with Crippen molar-refractivity contribution in [2.24, 2.45) is 0 Å². The molecule has 9 heteroatoms. The van der Waals surface area contributed by atoms with Crippen molar-refractivity contribution in [1.29, 1.82) is 0 Å². The van der Waals surface area contributed by atoms with Gasteiger partial charge in [-0.25, -0.2) is 14.5 Å². The first kappa shape index (κ1) is 18.9. The molecule has 0 unspecified atom stereocenters. The molecule has 2 N–H and O–H groups in total. The standard InChI is InChI=1S/C22H17N7OS/c1-14(30)25-17-9-7-16(8-10-17)19-12-31-22-27-21(28-29(19)22)26-20-11-18(23-13-24-20)15-5-3-2-4-6-15/h2-13H,1H3,(H,25,30)(H,23,24,26,28). The molecule has 0 bridgehead atoms. The van der Waals surface area contributed by atoms with Crippen LogP contribution in [0.15, 0.2) is 72.4 Å². The number of rotatable bonds is 5. The van der Waals surface area contributed by atoms with E-state index in [1.807, 2.05) is 66.0 Å². The lowest BCUT2D eigenvalue weighted by Crippen LogP contribution is -2.05. The van der Waals surface area contributed by atoms with Crippen molar-refractivity contribution in [3.8, 4) is 22.5 Å². The number of amides is 1. The predicted octanol–water partition coefficient (Wildman–Crippen LogP) is 4.62. The molecule has 0 aliphatic carbocycles. The highest BCUT2D eigenvalue weighted by Crippen LogP contribution is 2.28. The number of fused-ring (bicyclic) bond motifs is 1. The molecule has 0 fully saturated rings. The fourth-order valence-electron chi connectivity index (χ4n) is 3.17. The van der Waals surface area contributed by atoms with Crippen molar-refractivity contribution in [2.75, 3.05) is 10.6 Å². The zero-order chi connectivity index (χ0) is 21.2. The van der Waals surface area contributed by atoms with Gasteiger partial charge in [0.2, 0.25) is 16.8 Å². The van der Waals surface area contributed by atoms with Crippen molar-refractivity contribution in [3.63, 3.8) is 0 Å². The van der Waals surface area contributed by atoms with Gasteiger partial charge in [0.1, 0.15) is 12.1 Å². The summed E-state index contributed by atoms with van der Waals surface area (Å²) in [5.74, 6) is 0.979. The first-order valence-electron chi connectivity index (χ1n) is 9.52. The SMILES string of the molecule is CC(=O)Nc1ccc(-c2csc3nc(Nc4cc(-c5ccccc5)ncn4)nn23)cc1. The quantitative estimate of drug-likeness (QED) is 0.425. The number of anilines is 3. The van der Waals surface area contributed by atoms with Gasteiger partial charge < -0.3 is 10.6 Å². The average molecular weight is 427 g/mol. The maximum absolute atomic E-state index is 11.2. The van der Waals surface area contributed by atoms with E-state index in [2.05, 4.69) is 30.7 Å². The van der Waals surface area contributed by atoms with Crippen LogP contribution in [0.3, 0.4) is 0 Å². The maximum Gasteiger partial charge on any atom is 0.249 e. The van der Waals surface area contributed by atoms with Gasteiger partial charge in [-0.3, -0.25) is 4.79 Å². The van der Waals surface area contributed by atoms with Crippen LogP contribution in [-0.4, -0.2) is 30.5 Å². The van der Waals surface area contributed by atoms with Crippen LogP contribution in [0.5, 0.6) is 0 Å². The van der Waals surface area contributed by atoms with Gasteiger partial charge in [-0.1, -0.05) is 42.5 Å². The summed E-state index contributed by atoms with van der Waals surface area (Å²) in [5, 5.41) is 12.5. The number of nitrogens with one attached hydrogen (secondary N) is 2. The van der Waals surface area contributed by atoms with Crippen molar-refractivity contribution in [3.05, 3.63) is 72.4 Å². The van der Waals surface area contributed by atoms with Crippen LogP contribution >= 0.6 is 11.3 Å². The third kappa shape index (κ3) is 3.99. The second-order valence-electron chi connectivity index (χ2n) is 6.79. The van der Waals surface area contributed by atoms with Gasteiger partial charge >= 0.3 is 0 Å². The Balaban J connectivity index is 1.41. The van der Waals surface area contributed by atoms with E-state index in [4.69, 9.17) is 0 Å². The molecule has 31 heavy (non-hydrogen) atoms. The summed E-state index contributed by atoms with van der Waals surface area (Å²) in [7, 11) is 0. The van der Waals surface area contributed by atoms with Crippen LogP contribution in [0.4, 0.5) is 17.5 Å². The molecule has 0 aliphatic rings. The molecule has 8 nitrogen and oxygen atoms in total. The largest absolute Gasteiger partial charge is 0.326 e. The Morgan fingerprint density at radius 3 is 2.58 bits per heavy atom. The number of carbonyl (C=O) groups excluding carboxylic acids is 1. The first-order valence-corrected chi connectivity index (χ1v) is 10.4. The first-order chi connectivity index (χ1) is 15.2. The summed E-state index contributed by atoms with van der Waals surface area (Å²) in [6.45, 7) is 1.49. The summed E-state index contributed by atoms with van der Waals surface area (Å²) in [6, 6.07) is 19.4. The highest BCUT2D eigenvalue weighted by Gasteiger charge is 2.13. The van der Waals surface area contributed by atoms with E-state index >= 15 is 0 Å². The second-order valence-corrected chi connectivity index (χ2v) is 7.63. The van der Waals surface area contributed by atoms with Crippen LogP contribution in [-0.2, 0) is 4.79 Å². The molecular formula is C22H17N7OS. The minimum absolute atomic E-state index is 0.0993. The summed E-state index contributed by atoms with van der Waals surface area (Å²) < 4.78 is 1.79. The van der Waals surface area contributed by atoms with E-state index < -0.39 is 0 Å². The summed E-state index contributed by atoms with van der Waals surface area (Å²) in [6.07, 6.45) is 1.52. The number of hydrogen-bond donors (Lipinski definition) is 2. The third-order valence-electron chi connectivity index (χ3n) is 4.56. The molecule has 0 atom stereocenters. The fraction of sp³-hybridized carbons (Fsp3) is 0.0455. The lowest BCUT2D eigenvalue weighted by atomic mass is 10.1. The van der Waals surface area contributed by atoms with E-state index in [1.54, 1.807) is 4.52 Å². The third-order valence-corrected chi connectivity index (χ3v) is 5.38. The predicted molar refractivity (Wildman–Crippen MR) is 121 cm³/mol. The molecule has 0 saturated carbocycles. The molecule has 152 valence electrons. The van der Waals surface area contributed by atoms with Crippen LogP contribution in [0.2, 0.25) is 0 Å². The van der Waals surface area contributed by atoms with Gasteiger partial charge in [-0.2, -0.15) is 4.98 Å². The van der Waals surface area contributed by atoms with Crippen molar-refractivity contribution in [1.82, 2.24) is 24.6 Å². The van der Waals surface area contributed by atoms with Gasteiger partial charge in [0.15, 0.2) is 0 Å². The van der Waals surface area contributed by atoms with Crippen LogP contribution in [0.1, 0.15) is 6.92 Å². The van der Waals surface area contributed by atoms with E-state index in [1.165, 1.54) is 24.6 Å². The number of carbonyl (C=O) groups is 1. The smallest absolute Gasteiger partial charge is 0.249 e. The second kappa shape index (κ2) is 7.96. The molecule has 0 spiro atoms. The van der Waals surface area contributed by atoms with Crippen molar-refractivity contribution < 1.29 is 4.79 Å². The number of benzene rings is 2. The molecule has 0 radical (unpaired) electrons. The summed E-state index contributed by atoms with van der Waals surface area (Å²) in [4.78, 5) is 25.2. The molecule has 5 rings (SSSR count). The minimum Gasteiger partial charge on any atom is -0.326 e. The van der Waals surface area contributed by atoms with E-state index in [9.17, 15) is 4.79 Å². The van der Waals surface area contributed by atoms with Gasteiger partial charge in [0.05, 0.1) is 11.4 Å². The lowest BCUT2D eigenvalue weighted by molar-refractivity contribution is -0.114. The molecule has 3 aromatic heterocycles. The molecule has 0 saturated heterocycles. The molecular weight excluding hydrogens is 410 g/mol. The van der Waals surface area contributed by atoms with Gasteiger partial charge in [-0.15, -0.1) is 16.4 Å². The Hall–Kier alpha value is -4.11. The number of thiazole rings is 1. The van der Waals surface area contributed by atoms with E-state index in [0.29, 0.717) is 11.8 Å². The average Bonchev–Trinajstić information content (AvgIpc) is 3.35. The maximum atomic E-state index is 11.2. The Bertz CT molecular complexity index is 1360. The lowest BCUT2D eigenvalue weighted by Gasteiger charge is -2.04. The summed E-state index contributed by atoms with van der Waals surface area (Å²) >= 11 is 1.50. The van der Waals surface area contributed by atoms with Gasteiger partial charge in [0, 0.05) is 35.2 Å². The van der Waals surface area contributed by atoms with Crippen LogP contribution in [0, 0.1) is 0 Å². The Morgan fingerprint density at radius 2 is 1.81 bits per heavy atom. The highest BCUT2D eigenvalue weighted by molar-refractivity contribution is 7.15. The van der Waals surface area contributed by atoms with Crippen molar-refractivity contribution >= 4 is 39.7 Å². The Labute approximate surface area is 181 Å². The molecule has 5 aromatic rings. The topological polar surface area (TPSA) is 97.1 Å². The monoisotopic (exact) mass is 427 g/mol. The zero-order valence-corrected chi connectivity index (χ0v) is 17.3. The van der Waals surface area contributed by atoms with Gasteiger partial charge in [0.25, 0.3) is 0 Å². The summed E-state index contributed by atoms with van der Waals surface area (Å²) in [5.41, 5.74) is 4.48. The van der Waals surface area contributed by atoms with E-state index in [-0.39, 0.29) is 5.91 Å². The Kier molecular flexibility index (Phi) is 4.85. The van der Waals surface area contributed by atoms with Crippen LogP contribution < -0.4 is 10.6 Å².